The standard InChI is InChI=1S/C32H31Cl2N7O4S/c1-20-4-3-5-24(33)30(20)39-31(44)26-18-35-32(46-26)38-27-17-28(37-21(2)36-27)41-12-10-40(11-13-41)14-15-45-29(43)9-7-22-6-8-23(19-42)25(34)16-22/h3-9,16-19H,10-15H2,1-2H3,(H,39,44)(H,35,36,37,38)/b9-7+. The van der Waals surface area contributed by atoms with Crippen LogP contribution in [0, 0.1) is 13.8 Å². The van der Waals surface area contributed by atoms with Crippen molar-refractivity contribution in [2.24, 2.45) is 0 Å². The van der Waals surface area contributed by atoms with E-state index in [0.717, 1.165) is 37.6 Å². The second kappa shape index (κ2) is 15.3. The SMILES string of the molecule is Cc1nc(Nc2ncc(C(=O)Nc3c(C)cccc3Cl)s2)cc(N2CCN(CCOC(=O)/C=C/c3ccc(C=O)c(Cl)c3)CC2)n1. The van der Waals surface area contributed by atoms with Crippen molar-refractivity contribution in [1.29, 1.82) is 0 Å². The number of piperazine rings is 1. The number of halogens is 2. The van der Waals surface area contributed by atoms with Gasteiger partial charge in [-0.05, 0) is 49.2 Å². The van der Waals surface area contributed by atoms with Crippen LogP contribution in [0.25, 0.3) is 6.08 Å². The van der Waals surface area contributed by atoms with E-state index in [4.69, 9.17) is 27.9 Å². The second-order valence-electron chi connectivity index (χ2n) is 10.4. The number of amides is 1. The molecule has 46 heavy (non-hydrogen) atoms. The second-order valence-corrected chi connectivity index (χ2v) is 12.3. The molecule has 1 aliphatic rings. The van der Waals surface area contributed by atoms with Gasteiger partial charge in [0, 0.05) is 50.4 Å². The number of esters is 1. The molecule has 0 unspecified atom stereocenters. The molecule has 0 saturated carbocycles. The molecule has 2 aromatic heterocycles. The molecule has 14 heteroatoms. The smallest absolute Gasteiger partial charge is 0.330 e. The molecule has 4 aromatic rings. The van der Waals surface area contributed by atoms with Gasteiger partial charge in [0.15, 0.2) is 11.4 Å². The summed E-state index contributed by atoms with van der Waals surface area (Å²) in [4.78, 5) is 54.2. The van der Waals surface area contributed by atoms with Crippen LogP contribution in [-0.4, -0.2) is 77.3 Å². The Bertz CT molecular complexity index is 1750. The summed E-state index contributed by atoms with van der Waals surface area (Å²) in [6, 6.07) is 12.2. The lowest BCUT2D eigenvalue weighted by Crippen LogP contribution is -2.47. The Kier molecular flexibility index (Phi) is 11.0. The summed E-state index contributed by atoms with van der Waals surface area (Å²) in [7, 11) is 0. The summed E-state index contributed by atoms with van der Waals surface area (Å²) in [6.45, 7) is 7.61. The van der Waals surface area contributed by atoms with Crippen molar-refractivity contribution in [2.45, 2.75) is 13.8 Å². The zero-order valence-electron chi connectivity index (χ0n) is 25.1. The maximum Gasteiger partial charge on any atom is 0.330 e. The Hall–Kier alpha value is -4.36. The number of ether oxygens (including phenoxy) is 1. The number of aryl methyl sites for hydroxylation is 2. The van der Waals surface area contributed by atoms with Crippen LogP contribution in [-0.2, 0) is 9.53 Å². The summed E-state index contributed by atoms with van der Waals surface area (Å²) in [5, 5.41) is 7.39. The number of hydrogen-bond donors (Lipinski definition) is 2. The quantitative estimate of drug-likeness (QED) is 0.110. The predicted octanol–water partition coefficient (Wildman–Crippen LogP) is 6.04. The lowest BCUT2D eigenvalue weighted by atomic mass is 10.1. The average Bonchev–Trinajstić information content (AvgIpc) is 3.50. The average molecular weight is 681 g/mol. The van der Waals surface area contributed by atoms with Crippen LogP contribution in [0.4, 0.5) is 22.5 Å². The molecule has 0 radical (unpaired) electrons. The molecule has 5 rings (SSSR count). The Balaban J connectivity index is 1.09. The number of aldehydes is 1. The molecule has 1 saturated heterocycles. The number of carbonyl (C=O) groups is 3. The highest BCUT2D eigenvalue weighted by molar-refractivity contribution is 7.17. The first kappa shape index (κ1) is 33.0. The molecular weight excluding hydrogens is 649 g/mol. The van der Waals surface area contributed by atoms with Crippen molar-refractivity contribution < 1.29 is 19.1 Å². The van der Waals surface area contributed by atoms with Crippen molar-refractivity contribution in [3.05, 3.63) is 92.2 Å². The van der Waals surface area contributed by atoms with E-state index >= 15 is 0 Å². The molecule has 1 amide bonds. The number of nitrogens with one attached hydrogen (secondary N) is 2. The third-order valence-corrected chi connectivity index (χ3v) is 8.71. The molecule has 238 valence electrons. The highest BCUT2D eigenvalue weighted by Gasteiger charge is 2.20. The lowest BCUT2D eigenvalue weighted by molar-refractivity contribution is -0.138. The van der Waals surface area contributed by atoms with E-state index in [0.29, 0.717) is 61.3 Å². The van der Waals surface area contributed by atoms with Gasteiger partial charge >= 0.3 is 5.97 Å². The topological polar surface area (TPSA) is 130 Å². The molecule has 1 aliphatic heterocycles. The molecule has 0 aliphatic carbocycles. The van der Waals surface area contributed by atoms with Crippen LogP contribution in [0.2, 0.25) is 10.0 Å². The molecule has 0 atom stereocenters. The fraction of sp³-hybridized carbons (Fsp3) is 0.250. The molecule has 2 N–H and O–H groups in total. The molecular formula is C32H31Cl2N7O4S. The van der Waals surface area contributed by atoms with Gasteiger partial charge in [0.25, 0.3) is 5.91 Å². The Morgan fingerprint density at radius 2 is 1.85 bits per heavy atom. The maximum absolute atomic E-state index is 12.8. The number of thiazole rings is 1. The minimum Gasteiger partial charge on any atom is -0.461 e. The van der Waals surface area contributed by atoms with Gasteiger partial charge in [-0.25, -0.2) is 19.7 Å². The van der Waals surface area contributed by atoms with E-state index < -0.39 is 5.97 Å². The van der Waals surface area contributed by atoms with Crippen molar-refractivity contribution in [3.63, 3.8) is 0 Å². The van der Waals surface area contributed by atoms with Crippen molar-refractivity contribution in [2.75, 3.05) is 54.9 Å². The highest BCUT2D eigenvalue weighted by Crippen LogP contribution is 2.28. The molecule has 2 aromatic carbocycles. The van der Waals surface area contributed by atoms with Crippen LogP contribution in [0.5, 0.6) is 0 Å². The Morgan fingerprint density at radius 1 is 1.04 bits per heavy atom. The van der Waals surface area contributed by atoms with Crippen molar-refractivity contribution in [3.8, 4) is 0 Å². The van der Waals surface area contributed by atoms with Crippen LogP contribution in [0.3, 0.4) is 0 Å². The van der Waals surface area contributed by atoms with Gasteiger partial charge < -0.3 is 20.3 Å². The minimum absolute atomic E-state index is 0.264. The first-order valence-corrected chi connectivity index (χ1v) is 16.0. The number of carbonyl (C=O) groups excluding carboxylic acids is 3. The number of nitrogens with zero attached hydrogens (tertiary/aromatic N) is 5. The number of anilines is 4. The molecule has 0 bridgehead atoms. The summed E-state index contributed by atoms with van der Waals surface area (Å²) < 4.78 is 5.36. The minimum atomic E-state index is -0.450. The summed E-state index contributed by atoms with van der Waals surface area (Å²) >= 11 is 13.5. The lowest BCUT2D eigenvalue weighted by Gasteiger charge is -2.35. The normalized spacial score (nSPS) is 13.5. The van der Waals surface area contributed by atoms with E-state index in [9.17, 15) is 14.4 Å². The zero-order valence-corrected chi connectivity index (χ0v) is 27.5. The van der Waals surface area contributed by atoms with Crippen molar-refractivity contribution >= 4 is 81.2 Å². The van der Waals surface area contributed by atoms with Gasteiger partial charge in [0.1, 0.15) is 28.9 Å². The fourth-order valence-electron chi connectivity index (χ4n) is 4.72. The number of benzene rings is 2. The zero-order chi connectivity index (χ0) is 32.6. The number of para-hydroxylation sites is 1. The van der Waals surface area contributed by atoms with Gasteiger partial charge in [-0.2, -0.15) is 0 Å². The molecule has 3 heterocycles. The van der Waals surface area contributed by atoms with Crippen molar-refractivity contribution in [1.82, 2.24) is 19.9 Å². The summed E-state index contributed by atoms with van der Waals surface area (Å²) in [5.74, 6) is 1.23. The third kappa shape index (κ3) is 8.67. The van der Waals surface area contributed by atoms with E-state index in [1.54, 1.807) is 30.3 Å². The number of aromatic nitrogens is 3. The van der Waals surface area contributed by atoms with Gasteiger partial charge in [-0.1, -0.05) is 52.7 Å². The Morgan fingerprint density at radius 3 is 2.59 bits per heavy atom. The summed E-state index contributed by atoms with van der Waals surface area (Å²) in [6.07, 6.45) is 5.14. The van der Waals surface area contributed by atoms with E-state index in [-0.39, 0.29) is 12.5 Å². The first-order chi connectivity index (χ1) is 22.2. The summed E-state index contributed by atoms with van der Waals surface area (Å²) in [5.41, 5.74) is 2.54. The van der Waals surface area contributed by atoms with Crippen LogP contribution in [0.15, 0.2) is 54.7 Å². The number of rotatable bonds is 11. The van der Waals surface area contributed by atoms with Crippen LogP contribution in [0.1, 0.15) is 37.0 Å². The largest absolute Gasteiger partial charge is 0.461 e. The van der Waals surface area contributed by atoms with Gasteiger partial charge in [-0.3, -0.25) is 14.5 Å². The Labute approximate surface area is 280 Å². The first-order valence-electron chi connectivity index (χ1n) is 14.4. The fourth-order valence-corrected chi connectivity index (χ4v) is 5.94. The van der Waals surface area contributed by atoms with Gasteiger partial charge in [0.2, 0.25) is 0 Å². The monoisotopic (exact) mass is 679 g/mol. The number of hydrogen-bond acceptors (Lipinski definition) is 11. The van der Waals surface area contributed by atoms with Crippen LogP contribution < -0.4 is 15.5 Å². The van der Waals surface area contributed by atoms with E-state index in [1.165, 1.54) is 23.6 Å². The third-order valence-electron chi connectivity index (χ3n) is 7.16. The van der Waals surface area contributed by atoms with Crippen LogP contribution >= 0.6 is 34.5 Å². The molecule has 1 fully saturated rings. The predicted molar refractivity (Wildman–Crippen MR) is 182 cm³/mol. The molecule has 11 nitrogen and oxygen atoms in total. The molecule has 0 spiro atoms. The van der Waals surface area contributed by atoms with Gasteiger partial charge in [-0.15, -0.1) is 0 Å². The highest BCUT2D eigenvalue weighted by atomic mass is 35.5. The van der Waals surface area contributed by atoms with E-state index in [1.807, 2.05) is 32.0 Å². The maximum atomic E-state index is 12.8. The van der Waals surface area contributed by atoms with Gasteiger partial charge in [0.05, 0.1) is 21.9 Å². The van der Waals surface area contributed by atoms with E-state index in [2.05, 4.69) is 35.4 Å².